The Bertz CT molecular complexity index is 550. The summed E-state index contributed by atoms with van der Waals surface area (Å²) in [6.45, 7) is 1.02. The number of nitro groups is 1. The fraction of sp³-hybridized carbons (Fsp3) is 0.462. The second-order valence-electron chi connectivity index (χ2n) is 5.06. The minimum Gasteiger partial charge on any atom is -0.368 e. The van der Waals surface area contributed by atoms with Gasteiger partial charge in [-0.1, -0.05) is 0 Å². The maximum atomic E-state index is 10.8. The fourth-order valence-corrected chi connectivity index (χ4v) is 3.19. The van der Waals surface area contributed by atoms with Crippen molar-refractivity contribution in [2.75, 3.05) is 11.4 Å². The molecule has 2 atom stereocenters. The van der Waals surface area contributed by atoms with Gasteiger partial charge in [0.1, 0.15) is 11.6 Å². The molecule has 1 heterocycles. The van der Waals surface area contributed by atoms with Gasteiger partial charge in [-0.25, -0.2) is 0 Å². The van der Waals surface area contributed by atoms with Gasteiger partial charge in [-0.2, -0.15) is 5.26 Å². The summed E-state index contributed by atoms with van der Waals surface area (Å²) >= 11 is 0. The summed E-state index contributed by atoms with van der Waals surface area (Å²) in [6.07, 6.45) is 3.71. The second kappa shape index (κ2) is 3.98. The molecule has 0 N–H and O–H groups in total. The van der Waals surface area contributed by atoms with E-state index in [0.717, 1.165) is 18.2 Å². The van der Waals surface area contributed by atoms with Crippen LogP contribution in [0.3, 0.4) is 0 Å². The molecule has 2 unspecified atom stereocenters. The van der Waals surface area contributed by atoms with E-state index in [0.29, 0.717) is 6.04 Å². The molecule has 5 nitrogen and oxygen atoms in total. The molecule has 0 amide bonds. The van der Waals surface area contributed by atoms with Crippen LogP contribution in [0.5, 0.6) is 0 Å². The standard InChI is InChI=1S/C13H13N3O2/c14-7-10-6-12(3-4-13(10)16(17)18)15-8-9-1-2-11(15)5-9/h3-4,6,9,11H,1-2,5,8H2. The molecule has 0 spiro atoms. The van der Waals surface area contributed by atoms with E-state index in [-0.39, 0.29) is 11.3 Å². The van der Waals surface area contributed by atoms with Gasteiger partial charge in [-0.3, -0.25) is 10.1 Å². The van der Waals surface area contributed by atoms with E-state index < -0.39 is 4.92 Å². The van der Waals surface area contributed by atoms with E-state index in [1.807, 2.05) is 6.07 Å². The van der Waals surface area contributed by atoms with Crippen molar-refractivity contribution in [1.82, 2.24) is 0 Å². The normalized spacial score (nSPS) is 25.2. The van der Waals surface area contributed by atoms with Crippen molar-refractivity contribution >= 4 is 11.4 Å². The molecule has 5 heteroatoms. The zero-order chi connectivity index (χ0) is 12.7. The van der Waals surface area contributed by atoms with Gasteiger partial charge < -0.3 is 4.90 Å². The number of anilines is 1. The molecule has 0 aromatic heterocycles. The highest BCUT2D eigenvalue weighted by molar-refractivity contribution is 5.61. The Balaban J connectivity index is 1.95. The van der Waals surface area contributed by atoms with Gasteiger partial charge in [0.15, 0.2) is 0 Å². The van der Waals surface area contributed by atoms with E-state index in [4.69, 9.17) is 5.26 Å². The molecule has 2 fully saturated rings. The van der Waals surface area contributed by atoms with Crippen LogP contribution in [0.15, 0.2) is 18.2 Å². The summed E-state index contributed by atoms with van der Waals surface area (Å²) in [5.74, 6) is 0.760. The highest BCUT2D eigenvalue weighted by Crippen LogP contribution is 2.40. The maximum Gasteiger partial charge on any atom is 0.287 e. The maximum absolute atomic E-state index is 10.8. The van der Waals surface area contributed by atoms with Gasteiger partial charge in [0.2, 0.25) is 0 Å². The molecule has 1 saturated carbocycles. The van der Waals surface area contributed by atoms with Crippen molar-refractivity contribution in [3.63, 3.8) is 0 Å². The first-order chi connectivity index (χ1) is 8.69. The molecular weight excluding hydrogens is 230 g/mol. The van der Waals surface area contributed by atoms with Crippen LogP contribution >= 0.6 is 0 Å². The van der Waals surface area contributed by atoms with Gasteiger partial charge in [0, 0.05) is 24.3 Å². The molecule has 2 aliphatic rings. The van der Waals surface area contributed by atoms with E-state index >= 15 is 0 Å². The lowest BCUT2D eigenvalue weighted by atomic mass is 10.1. The zero-order valence-corrected chi connectivity index (χ0v) is 9.87. The molecule has 1 aromatic carbocycles. The van der Waals surface area contributed by atoms with Gasteiger partial charge in [0.05, 0.1) is 4.92 Å². The highest BCUT2D eigenvalue weighted by atomic mass is 16.6. The number of nitriles is 1. The third-order valence-corrected chi connectivity index (χ3v) is 4.04. The Kier molecular flexibility index (Phi) is 2.44. The molecule has 1 aliphatic carbocycles. The highest BCUT2D eigenvalue weighted by Gasteiger charge is 2.38. The molecule has 1 saturated heterocycles. The van der Waals surface area contributed by atoms with Gasteiger partial charge in [0.25, 0.3) is 5.69 Å². The summed E-state index contributed by atoms with van der Waals surface area (Å²) in [4.78, 5) is 12.6. The van der Waals surface area contributed by atoms with Crippen molar-refractivity contribution in [3.05, 3.63) is 33.9 Å². The zero-order valence-electron chi connectivity index (χ0n) is 9.87. The van der Waals surface area contributed by atoms with Crippen LogP contribution in [0.1, 0.15) is 24.8 Å². The summed E-state index contributed by atoms with van der Waals surface area (Å²) in [5.41, 5.74) is 0.996. The number of hydrogen-bond donors (Lipinski definition) is 0. The summed E-state index contributed by atoms with van der Waals surface area (Å²) in [5, 5.41) is 19.8. The van der Waals surface area contributed by atoms with Crippen LogP contribution in [0.2, 0.25) is 0 Å². The lowest BCUT2D eigenvalue weighted by molar-refractivity contribution is -0.385. The third-order valence-electron chi connectivity index (χ3n) is 4.04. The van der Waals surface area contributed by atoms with Crippen molar-refractivity contribution in [2.45, 2.75) is 25.3 Å². The lowest BCUT2D eigenvalue weighted by Crippen LogP contribution is -2.31. The topological polar surface area (TPSA) is 70.2 Å². The summed E-state index contributed by atoms with van der Waals surface area (Å²) in [7, 11) is 0. The number of piperidine rings is 1. The number of hydrogen-bond acceptors (Lipinski definition) is 4. The predicted octanol–water partition coefficient (Wildman–Crippen LogP) is 2.46. The molecule has 1 aliphatic heterocycles. The van der Waals surface area contributed by atoms with Crippen molar-refractivity contribution in [2.24, 2.45) is 5.92 Å². The van der Waals surface area contributed by atoms with E-state index in [1.165, 1.54) is 25.3 Å². The van der Waals surface area contributed by atoms with Crippen molar-refractivity contribution < 1.29 is 4.92 Å². The average molecular weight is 243 g/mol. The minimum absolute atomic E-state index is 0.106. The SMILES string of the molecule is N#Cc1cc(N2CC3CCC2C3)ccc1[N+](=O)[O-]. The van der Waals surface area contributed by atoms with Crippen LogP contribution in [0.4, 0.5) is 11.4 Å². The third kappa shape index (κ3) is 1.61. The van der Waals surface area contributed by atoms with Crippen LogP contribution in [-0.2, 0) is 0 Å². The smallest absolute Gasteiger partial charge is 0.287 e. The van der Waals surface area contributed by atoms with Gasteiger partial charge >= 0.3 is 0 Å². The van der Waals surface area contributed by atoms with E-state index in [1.54, 1.807) is 12.1 Å². The van der Waals surface area contributed by atoms with Crippen LogP contribution in [0, 0.1) is 27.4 Å². The van der Waals surface area contributed by atoms with Crippen molar-refractivity contribution in [3.8, 4) is 6.07 Å². The Morgan fingerprint density at radius 1 is 1.44 bits per heavy atom. The monoisotopic (exact) mass is 243 g/mol. The first-order valence-electron chi connectivity index (χ1n) is 6.14. The number of nitro benzene ring substituents is 1. The second-order valence-corrected chi connectivity index (χ2v) is 5.06. The molecule has 1 aromatic rings. The fourth-order valence-electron chi connectivity index (χ4n) is 3.19. The van der Waals surface area contributed by atoms with Gasteiger partial charge in [-0.05, 0) is 37.3 Å². The van der Waals surface area contributed by atoms with E-state index in [9.17, 15) is 10.1 Å². The molecule has 0 radical (unpaired) electrons. The van der Waals surface area contributed by atoms with Gasteiger partial charge in [-0.15, -0.1) is 0 Å². The van der Waals surface area contributed by atoms with Crippen molar-refractivity contribution in [1.29, 1.82) is 5.26 Å². The first kappa shape index (κ1) is 11.0. The molecule has 92 valence electrons. The lowest BCUT2D eigenvalue weighted by Gasteiger charge is -2.29. The Labute approximate surface area is 105 Å². The molecule has 3 rings (SSSR count). The number of benzene rings is 1. The summed E-state index contributed by atoms with van der Waals surface area (Å²) in [6, 6.07) is 7.33. The Hall–Kier alpha value is -2.09. The average Bonchev–Trinajstić information content (AvgIpc) is 3.00. The summed E-state index contributed by atoms with van der Waals surface area (Å²) < 4.78 is 0. The number of rotatable bonds is 2. The Morgan fingerprint density at radius 2 is 2.28 bits per heavy atom. The number of fused-ring (bicyclic) bond motifs is 2. The largest absolute Gasteiger partial charge is 0.368 e. The van der Waals surface area contributed by atoms with Crippen LogP contribution < -0.4 is 4.90 Å². The molecule has 18 heavy (non-hydrogen) atoms. The quantitative estimate of drug-likeness (QED) is 0.591. The molecular formula is C13H13N3O2. The minimum atomic E-state index is -0.502. The predicted molar refractivity (Wildman–Crippen MR) is 66.3 cm³/mol. The molecule has 2 bridgehead atoms. The number of nitrogens with zero attached hydrogens (tertiary/aromatic N) is 3. The van der Waals surface area contributed by atoms with Crippen LogP contribution in [-0.4, -0.2) is 17.5 Å². The van der Waals surface area contributed by atoms with E-state index in [2.05, 4.69) is 4.90 Å². The van der Waals surface area contributed by atoms with Crippen LogP contribution in [0.25, 0.3) is 0 Å². The Morgan fingerprint density at radius 3 is 2.83 bits per heavy atom. The first-order valence-corrected chi connectivity index (χ1v) is 6.14.